The quantitative estimate of drug-likeness (QED) is 0.868. The van der Waals surface area contributed by atoms with Gasteiger partial charge >= 0.3 is 5.97 Å². The molecule has 0 atom stereocenters. The monoisotopic (exact) mass is 349 g/mol. The summed E-state index contributed by atoms with van der Waals surface area (Å²) in [4.78, 5) is 21.2. The molecule has 0 saturated heterocycles. The van der Waals surface area contributed by atoms with Crippen molar-refractivity contribution in [1.29, 1.82) is 0 Å². The maximum absolute atomic E-state index is 11.0. The van der Waals surface area contributed by atoms with Crippen molar-refractivity contribution >= 4 is 21.9 Å². The minimum Gasteiger partial charge on any atom is -0.480 e. The number of aromatic nitrogens is 2. The molecule has 0 fully saturated rings. The van der Waals surface area contributed by atoms with E-state index in [2.05, 4.69) is 25.9 Å². The van der Waals surface area contributed by atoms with Gasteiger partial charge in [-0.2, -0.15) is 0 Å². The fourth-order valence-electron chi connectivity index (χ4n) is 2.01. The zero-order chi connectivity index (χ0) is 15.2. The van der Waals surface area contributed by atoms with E-state index in [9.17, 15) is 4.79 Å². The number of carbonyl (C=O) groups is 1. The minimum atomic E-state index is -0.849. The van der Waals surface area contributed by atoms with E-state index in [-0.39, 0.29) is 6.54 Å². The van der Waals surface area contributed by atoms with Crippen LogP contribution in [0.2, 0.25) is 0 Å². The summed E-state index contributed by atoms with van der Waals surface area (Å²) in [6.45, 7) is 2.85. The molecule has 5 nitrogen and oxygen atoms in total. The van der Waals surface area contributed by atoms with Crippen molar-refractivity contribution in [3.63, 3.8) is 0 Å². The third-order valence-electron chi connectivity index (χ3n) is 2.89. The number of aliphatic carboxylic acids is 1. The number of halogens is 1. The zero-order valence-electron chi connectivity index (χ0n) is 11.7. The topological polar surface area (TPSA) is 66.3 Å². The third-order valence-corrected chi connectivity index (χ3v) is 3.39. The zero-order valence-corrected chi connectivity index (χ0v) is 13.2. The first-order valence-corrected chi connectivity index (χ1v) is 7.28. The number of nitrogens with zero attached hydrogens (tertiary/aromatic N) is 3. The number of carboxylic acid groups (broad SMARTS) is 1. The summed E-state index contributed by atoms with van der Waals surface area (Å²) in [6.07, 6.45) is 3.47. The first-order chi connectivity index (χ1) is 10.0. The van der Waals surface area contributed by atoms with Gasteiger partial charge in [0.05, 0.1) is 6.54 Å². The molecule has 2 aromatic rings. The highest BCUT2D eigenvalue weighted by molar-refractivity contribution is 9.10. The lowest BCUT2D eigenvalue weighted by atomic mass is 10.2. The van der Waals surface area contributed by atoms with Crippen molar-refractivity contribution in [2.45, 2.75) is 20.0 Å². The first-order valence-electron chi connectivity index (χ1n) is 6.49. The maximum atomic E-state index is 11.0. The Morgan fingerprint density at radius 1 is 1.24 bits per heavy atom. The Hall–Kier alpha value is -1.79. The van der Waals surface area contributed by atoms with Crippen molar-refractivity contribution in [3.05, 3.63) is 58.1 Å². The number of rotatable bonds is 6. The predicted molar refractivity (Wildman–Crippen MR) is 82.7 cm³/mol. The number of hydrogen-bond donors (Lipinski definition) is 1. The van der Waals surface area contributed by atoms with Gasteiger partial charge in [-0.1, -0.05) is 28.1 Å². The Balaban J connectivity index is 2.10. The number of aryl methyl sites for hydroxylation is 1. The van der Waals surface area contributed by atoms with Gasteiger partial charge in [0.25, 0.3) is 0 Å². The maximum Gasteiger partial charge on any atom is 0.317 e. The highest BCUT2D eigenvalue weighted by Crippen LogP contribution is 2.14. The van der Waals surface area contributed by atoms with Gasteiger partial charge in [0.1, 0.15) is 5.82 Å². The second-order valence-electron chi connectivity index (χ2n) is 4.81. The van der Waals surface area contributed by atoms with E-state index in [1.165, 1.54) is 0 Å². The molecule has 1 aromatic heterocycles. The molecular formula is C15H16BrN3O2. The average Bonchev–Trinajstić information content (AvgIpc) is 2.40. The Bertz CT molecular complexity index is 617. The van der Waals surface area contributed by atoms with E-state index in [1.807, 2.05) is 36.1 Å². The van der Waals surface area contributed by atoms with Crippen molar-refractivity contribution in [3.8, 4) is 0 Å². The lowest BCUT2D eigenvalue weighted by Gasteiger charge is -2.20. The molecule has 1 N–H and O–H groups in total. The van der Waals surface area contributed by atoms with E-state index in [0.29, 0.717) is 18.9 Å². The van der Waals surface area contributed by atoms with Gasteiger partial charge < -0.3 is 5.11 Å². The van der Waals surface area contributed by atoms with Crippen LogP contribution in [-0.2, 0) is 17.9 Å². The summed E-state index contributed by atoms with van der Waals surface area (Å²) >= 11 is 3.42. The van der Waals surface area contributed by atoms with E-state index < -0.39 is 5.97 Å². The fourth-order valence-corrected chi connectivity index (χ4v) is 2.46. The van der Waals surface area contributed by atoms with E-state index in [0.717, 1.165) is 15.6 Å². The standard InChI is InChI=1S/C15H16BrN3O2/c1-11-17-6-13(7-18-11)9-19(10-15(20)21)8-12-3-2-4-14(16)5-12/h2-7H,8-10H2,1H3,(H,20,21). The molecule has 0 aliphatic heterocycles. The van der Waals surface area contributed by atoms with Gasteiger partial charge in [0, 0.05) is 35.5 Å². The van der Waals surface area contributed by atoms with Crippen LogP contribution in [0.5, 0.6) is 0 Å². The molecular weight excluding hydrogens is 334 g/mol. The van der Waals surface area contributed by atoms with Crippen LogP contribution in [0.3, 0.4) is 0 Å². The molecule has 0 spiro atoms. The molecule has 21 heavy (non-hydrogen) atoms. The summed E-state index contributed by atoms with van der Waals surface area (Å²) in [5.41, 5.74) is 1.95. The highest BCUT2D eigenvalue weighted by atomic mass is 79.9. The SMILES string of the molecule is Cc1ncc(CN(CC(=O)O)Cc2cccc(Br)c2)cn1. The lowest BCUT2D eigenvalue weighted by Crippen LogP contribution is -2.29. The van der Waals surface area contributed by atoms with E-state index in [1.54, 1.807) is 12.4 Å². The van der Waals surface area contributed by atoms with Crippen LogP contribution in [0, 0.1) is 6.92 Å². The summed E-state index contributed by atoms with van der Waals surface area (Å²) in [5.74, 6) is -0.145. The molecule has 0 aliphatic rings. The molecule has 0 radical (unpaired) electrons. The molecule has 0 bridgehead atoms. The van der Waals surface area contributed by atoms with E-state index >= 15 is 0 Å². The Morgan fingerprint density at radius 3 is 2.52 bits per heavy atom. The van der Waals surface area contributed by atoms with E-state index in [4.69, 9.17) is 5.11 Å². The van der Waals surface area contributed by atoms with Crippen LogP contribution < -0.4 is 0 Å². The van der Waals surface area contributed by atoms with Gasteiger partial charge in [-0.15, -0.1) is 0 Å². The Morgan fingerprint density at radius 2 is 1.90 bits per heavy atom. The summed E-state index contributed by atoms with van der Waals surface area (Å²) in [5, 5.41) is 9.06. The number of hydrogen-bond acceptors (Lipinski definition) is 4. The van der Waals surface area contributed by atoms with Crippen LogP contribution in [0.15, 0.2) is 41.1 Å². The number of carboxylic acids is 1. The second-order valence-corrected chi connectivity index (χ2v) is 5.72. The van der Waals surface area contributed by atoms with Crippen LogP contribution >= 0.6 is 15.9 Å². The van der Waals surface area contributed by atoms with Crippen molar-refractivity contribution in [2.75, 3.05) is 6.54 Å². The first kappa shape index (κ1) is 15.6. The molecule has 1 heterocycles. The third kappa shape index (κ3) is 5.24. The molecule has 6 heteroatoms. The van der Waals surface area contributed by atoms with Gasteiger partial charge in [-0.25, -0.2) is 9.97 Å². The van der Waals surface area contributed by atoms with Gasteiger partial charge in [-0.3, -0.25) is 9.69 Å². The van der Waals surface area contributed by atoms with Crippen LogP contribution in [0.25, 0.3) is 0 Å². The molecule has 0 aliphatic carbocycles. The average molecular weight is 350 g/mol. The fraction of sp³-hybridized carbons (Fsp3) is 0.267. The molecule has 1 aromatic carbocycles. The summed E-state index contributed by atoms with van der Waals surface area (Å²) in [7, 11) is 0. The normalized spacial score (nSPS) is 10.8. The largest absolute Gasteiger partial charge is 0.480 e. The Kier molecular flexibility index (Phi) is 5.41. The lowest BCUT2D eigenvalue weighted by molar-refractivity contribution is -0.138. The minimum absolute atomic E-state index is 0.0274. The Labute approximate surface area is 131 Å². The highest BCUT2D eigenvalue weighted by Gasteiger charge is 2.12. The predicted octanol–water partition coefficient (Wildman–Crippen LogP) is 2.63. The van der Waals surface area contributed by atoms with Gasteiger partial charge in [-0.05, 0) is 24.6 Å². The smallest absolute Gasteiger partial charge is 0.317 e. The van der Waals surface area contributed by atoms with Crippen LogP contribution in [0.4, 0.5) is 0 Å². The summed E-state index contributed by atoms with van der Waals surface area (Å²) in [6, 6.07) is 7.85. The molecule has 110 valence electrons. The van der Waals surface area contributed by atoms with Crippen LogP contribution in [-0.4, -0.2) is 32.5 Å². The van der Waals surface area contributed by atoms with Crippen molar-refractivity contribution in [2.24, 2.45) is 0 Å². The van der Waals surface area contributed by atoms with Crippen molar-refractivity contribution in [1.82, 2.24) is 14.9 Å². The molecule has 0 unspecified atom stereocenters. The second kappa shape index (κ2) is 7.28. The molecule has 0 amide bonds. The van der Waals surface area contributed by atoms with Gasteiger partial charge in [0.15, 0.2) is 0 Å². The van der Waals surface area contributed by atoms with Gasteiger partial charge in [0.2, 0.25) is 0 Å². The molecule has 2 rings (SSSR count). The number of benzene rings is 1. The molecule has 0 saturated carbocycles. The van der Waals surface area contributed by atoms with Crippen molar-refractivity contribution < 1.29 is 9.90 Å². The summed E-state index contributed by atoms with van der Waals surface area (Å²) < 4.78 is 0.981. The van der Waals surface area contributed by atoms with Crippen LogP contribution in [0.1, 0.15) is 17.0 Å².